The third kappa shape index (κ3) is 4.67. The van der Waals surface area contributed by atoms with Gasteiger partial charge in [-0.3, -0.25) is 9.69 Å². The van der Waals surface area contributed by atoms with Crippen molar-refractivity contribution >= 4 is 28.5 Å². The van der Waals surface area contributed by atoms with E-state index in [1.165, 1.54) is 19.3 Å². The molecular formula is C20H27N3O2S. The van der Waals surface area contributed by atoms with E-state index >= 15 is 0 Å². The van der Waals surface area contributed by atoms with Crippen LogP contribution in [0.2, 0.25) is 0 Å². The van der Waals surface area contributed by atoms with Gasteiger partial charge in [0.2, 0.25) is 5.91 Å². The van der Waals surface area contributed by atoms with Gasteiger partial charge in [-0.25, -0.2) is 0 Å². The number of amidine groups is 1. The number of hydrogen-bond acceptors (Lipinski definition) is 5. The molecule has 1 aliphatic carbocycles. The van der Waals surface area contributed by atoms with Gasteiger partial charge in [0.1, 0.15) is 12.4 Å². The fourth-order valence-corrected chi connectivity index (χ4v) is 4.43. The summed E-state index contributed by atoms with van der Waals surface area (Å²) in [4.78, 5) is 14.7. The standard InChI is InChI=1S/C20H27N3O2S/c1-3-18-19(24)23(16-10-6-4-7-11-16)20(26-18)22-21-15(2)14-25-17-12-8-5-9-13-17/h5,8-9,12-13,16,18H,3-4,6-7,10-11,14H2,1-2H3/b21-15+,22-20+. The minimum absolute atomic E-state index is 0.0215. The highest BCUT2D eigenvalue weighted by Crippen LogP contribution is 2.35. The molecule has 0 bridgehead atoms. The van der Waals surface area contributed by atoms with Gasteiger partial charge in [0.15, 0.2) is 5.17 Å². The van der Waals surface area contributed by atoms with Gasteiger partial charge in [-0.05, 0) is 38.3 Å². The fourth-order valence-electron chi connectivity index (χ4n) is 3.35. The smallest absolute Gasteiger partial charge is 0.242 e. The highest BCUT2D eigenvalue weighted by atomic mass is 32.2. The third-order valence-corrected chi connectivity index (χ3v) is 6.08. The van der Waals surface area contributed by atoms with Crippen LogP contribution in [-0.2, 0) is 4.79 Å². The number of thioether (sulfide) groups is 1. The zero-order valence-corrected chi connectivity index (χ0v) is 16.4. The Morgan fingerprint density at radius 1 is 1.23 bits per heavy atom. The largest absolute Gasteiger partial charge is 0.488 e. The Bertz CT molecular complexity index is 669. The van der Waals surface area contributed by atoms with Crippen LogP contribution >= 0.6 is 11.8 Å². The Morgan fingerprint density at radius 3 is 2.65 bits per heavy atom. The van der Waals surface area contributed by atoms with E-state index in [-0.39, 0.29) is 17.2 Å². The average molecular weight is 374 g/mol. The summed E-state index contributed by atoms with van der Waals surface area (Å²) >= 11 is 1.56. The summed E-state index contributed by atoms with van der Waals surface area (Å²) in [5, 5.41) is 9.50. The molecule has 1 saturated heterocycles. The van der Waals surface area contributed by atoms with Crippen LogP contribution in [0.25, 0.3) is 0 Å². The van der Waals surface area contributed by atoms with Crippen molar-refractivity contribution in [1.29, 1.82) is 0 Å². The molecule has 0 radical (unpaired) electrons. The van der Waals surface area contributed by atoms with Gasteiger partial charge in [-0.15, -0.1) is 5.10 Å². The van der Waals surface area contributed by atoms with Gasteiger partial charge >= 0.3 is 0 Å². The summed E-state index contributed by atoms with van der Waals surface area (Å²) in [5.74, 6) is 1.02. The Labute approximate surface area is 159 Å². The van der Waals surface area contributed by atoms with Crippen molar-refractivity contribution in [2.75, 3.05) is 6.61 Å². The number of benzene rings is 1. The molecule has 0 aromatic heterocycles. The Hall–Kier alpha value is -1.82. The number of rotatable bonds is 6. The first-order valence-electron chi connectivity index (χ1n) is 9.47. The van der Waals surface area contributed by atoms with Crippen molar-refractivity contribution in [2.45, 2.75) is 63.7 Å². The summed E-state index contributed by atoms with van der Waals surface area (Å²) in [6.45, 7) is 4.34. The normalized spacial score (nSPS) is 23.7. The van der Waals surface area contributed by atoms with Crippen LogP contribution in [0.15, 0.2) is 40.5 Å². The molecule has 1 heterocycles. The number of carbonyl (C=O) groups is 1. The Balaban J connectivity index is 1.68. The van der Waals surface area contributed by atoms with E-state index in [2.05, 4.69) is 17.1 Å². The summed E-state index contributed by atoms with van der Waals surface area (Å²) in [7, 11) is 0. The summed E-state index contributed by atoms with van der Waals surface area (Å²) in [5.41, 5.74) is 0.790. The van der Waals surface area contributed by atoms with Crippen molar-refractivity contribution in [2.24, 2.45) is 10.2 Å². The van der Waals surface area contributed by atoms with Gasteiger partial charge in [0.05, 0.1) is 11.0 Å². The lowest BCUT2D eigenvalue weighted by atomic mass is 9.94. The topological polar surface area (TPSA) is 54.3 Å². The molecule has 26 heavy (non-hydrogen) atoms. The first kappa shape index (κ1) is 19.0. The first-order chi connectivity index (χ1) is 12.7. The fraction of sp³-hybridized carbons (Fsp3) is 0.550. The molecule has 6 heteroatoms. The minimum atomic E-state index is -0.0215. The zero-order valence-electron chi connectivity index (χ0n) is 15.6. The molecule has 1 unspecified atom stereocenters. The molecule has 140 valence electrons. The summed E-state index contributed by atoms with van der Waals surface area (Å²) < 4.78 is 5.70. The molecule has 5 nitrogen and oxygen atoms in total. The van der Waals surface area contributed by atoms with E-state index in [9.17, 15) is 4.79 Å². The van der Waals surface area contributed by atoms with Gasteiger partial charge in [0, 0.05) is 6.04 Å². The van der Waals surface area contributed by atoms with E-state index < -0.39 is 0 Å². The first-order valence-corrected chi connectivity index (χ1v) is 10.4. The van der Waals surface area contributed by atoms with Crippen molar-refractivity contribution in [3.8, 4) is 5.75 Å². The number of para-hydroxylation sites is 1. The predicted molar refractivity (Wildman–Crippen MR) is 108 cm³/mol. The highest BCUT2D eigenvalue weighted by molar-refractivity contribution is 8.15. The van der Waals surface area contributed by atoms with Crippen LogP contribution < -0.4 is 4.74 Å². The lowest BCUT2D eigenvalue weighted by Gasteiger charge is -2.30. The van der Waals surface area contributed by atoms with E-state index in [0.717, 1.165) is 35.9 Å². The minimum Gasteiger partial charge on any atom is -0.488 e. The van der Waals surface area contributed by atoms with Crippen LogP contribution in [0, 0.1) is 0 Å². The molecule has 1 aromatic rings. The molecule has 1 amide bonds. The van der Waals surface area contributed by atoms with Crippen LogP contribution in [-0.4, -0.2) is 39.6 Å². The lowest BCUT2D eigenvalue weighted by molar-refractivity contribution is -0.128. The molecule has 2 fully saturated rings. The highest BCUT2D eigenvalue weighted by Gasteiger charge is 2.41. The maximum absolute atomic E-state index is 12.8. The second kappa shape index (κ2) is 9.21. The van der Waals surface area contributed by atoms with Crippen molar-refractivity contribution in [1.82, 2.24) is 4.90 Å². The maximum atomic E-state index is 12.8. The summed E-state index contributed by atoms with van der Waals surface area (Å²) in [6.07, 6.45) is 6.62. The van der Waals surface area contributed by atoms with Crippen LogP contribution in [0.3, 0.4) is 0 Å². The Kier molecular flexibility index (Phi) is 6.72. The van der Waals surface area contributed by atoms with Crippen LogP contribution in [0.5, 0.6) is 5.75 Å². The van der Waals surface area contributed by atoms with Gasteiger partial charge in [-0.2, -0.15) is 5.10 Å². The number of amides is 1. The molecule has 0 spiro atoms. The van der Waals surface area contributed by atoms with E-state index in [1.54, 1.807) is 11.8 Å². The average Bonchev–Trinajstić information content (AvgIpc) is 3.01. The molecule has 0 N–H and O–H groups in total. The second-order valence-electron chi connectivity index (χ2n) is 6.83. The molecule has 1 aromatic carbocycles. The van der Waals surface area contributed by atoms with E-state index in [1.807, 2.05) is 42.2 Å². The second-order valence-corrected chi connectivity index (χ2v) is 8.00. The quantitative estimate of drug-likeness (QED) is 0.545. The SMILES string of the molecule is CCC1S/C(=N/N=C(\C)COc2ccccc2)N(C2CCCCC2)C1=O. The number of ether oxygens (including phenoxy) is 1. The van der Waals surface area contributed by atoms with Gasteiger partial charge in [0.25, 0.3) is 0 Å². The van der Waals surface area contributed by atoms with Crippen molar-refractivity contribution in [3.63, 3.8) is 0 Å². The third-order valence-electron chi connectivity index (χ3n) is 4.77. The molecule has 1 aliphatic heterocycles. The molecular weight excluding hydrogens is 346 g/mol. The predicted octanol–water partition coefficient (Wildman–Crippen LogP) is 4.48. The van der Waals surface area contributed by atoms with E-state index in [0.29, 0.717) is 6.61 Å². The van der Waals surface area contributed by atoms with E-state index in [4.69, 9.17) is 4.74 Å². The van der Waals surface area contributed by atoms with Crippen LogP contribution in [0.4, 0.5) is 0 Å². The lowest BCUT2D eigenvalue weighted by Crippen LogP contribution is -2.42. The summed E-state index contributed by atoms with van der Waals surface area (Å²) in [6, 6.07) is 9.96. The number of carbonyl (C=O) groups excluding carboxylic acids is 1. The van der Waals surface area contributed by atoms with Crippen LogP contribution in [0.1, 0.15) is 52.4 Å². The zero-order chi connectivity index (χ0) is 18.4. The van der Waals surface area contributed by atoms with Crippen molar-refractivity contribution in [3.05, 3.63) is 30.3 Å². The molecule has 3 rings (SSSR count). The molecule has 1 atom stereocenters. The Morgan fingerprint density at radius 2 is 1.96 bits per heavy atom. The maximum Gasteiger partial charge on any atom is 0.242 e. The van der Waals surface area contributed by atoms with Gasteiger partial charge < -0.3 is 4.74 Å². The van der Waals surface area contributed by atoms with Gasteiger partial charge in [-0.1, -0.05) is 56.1 Å². The molecule has 1 saturated carbocycles. The number of nitrogens with zero attached hydrogens (tertiary/aromatic N) is 3. The molecule has 2 aliphatic rings. The monoisotopic (exact) mass is 373 g/mol. The number of hydrogen-bond donors (Lipinski definition) is 0. The van der Waals surface area contributed by atoms with Crippen molar-refractivity contribution < 1.29 is 9.53 Å².